The Labute approximate surface area is 215 Å². The van der Waals surface area contributed by atoms with Crippen LogP contribution in [0.4, 0.5) is 5.69 Å². The summed E-state index contributed by atoms with van der Waals surface area (Å²) in [6, 6.07) is 18.7. The molecule has 0 unspecified atom stereocenters. The van der Waals surface area contributed by atoms with Gasteiger partial charge in [0.25, 0.3) is 11.8 Å². The van der Waals surface area contributed by atoms with E-state index in [1.807, 2.05) is 45.9 Å². The van der Waals surface area contributed by atoms with Crippen molar-refractivity contribution in [1.82, 2.24) is 0 Å². The van der Waals surface area contributed by atoms with Gasteiger partial charge in [0.05, 0.1) is 22.8 Å². The lowest BCUT2D eigenvalue weighted by Crippen LogP contribution is -2.29. The van der Waals surface area contributed by atoms with E-state index in [9.17, 15) is 14.4 Å². The maximum absolute atomic E-state index is 13.7. The van der Waals surface area contributed by atoms with Crippen molar-refractivity contribution in [3.63, 3.8) is 0 Å². The van der Waals surface area contributed by atoms with E-state index in [2.05, 4.69) is 18.2 Å². The molecule has 4 rings (SSSR count). The largest absolute Gasteiger partial charge is 0.426 e. The SMILES string of the molecule is CC(C)=C1C(=O)N(c2ccc(OC(=O)C(C)C)cc2)C(=O)/C1=C(\C)c1cc(-c2ccccc2)sc1C. The van der Waals surface area contributed by atoms with Gasteiger partial charge in [-0.25, -0.2) is 4.90 Å². The smallest absolute Gasteiger partial charge is 0.313 e. The molecule has 1 fully saturated rings. The monoisotopic (exact) mass is 499 g/mol. The topological polar surface area (TPSA) is 63.7 Å². The van der Waals surface area contributed by atoms with Crippen LogP contribution in [0, 0.1) is 12.8 Å². The second kappa shape index (κ2) is 10.1. The zero-order valence-corrected chi connectivity index (χ0v) is 22.2. The highest BCUT2D eigenvalue weighted by molar-refractivity contribution is 7.15. The average Bonchev–Trinajstić information content (AvgIpc) is 3.36. The summed E-state index contributed by atoms with van der Waals surface area (Å²) >= 11 is 1.67. The summed E-state index contributed by atoms with van der Waals surface area (Å²) in [6.45, 7) is 11.2. The molecule has 2 aromatic carbocycles. The number of aryl methyl sites for hydroxylation is 1. The van der Waals surface area contributed by atoms with E-state index in [0.717, 1.165) is 32.0 Å². The van der Waals surface area contributed by atoms with Crippen LogP contribution < -0.4 is 9.64 Å². The van der Waals surface area contributed by atoms with Crippen LogP contribution in [-0.4, -0.2) is 17.8 Å². The number of hydrogen-bond acceptors (Lipinski definition) is 5. The molecule has 0 atom stereocenters. The summed E-state index contributed by atoms with van der Waals surface area (Å²) in [7, 11) is 0. The summed E-state index contributed by atoms with van der Waals surface area (Å²) in [6.07, 6.45) is 0. The molecule has 2 amide bonds. The molecule has 0 spiro atoms. The van der Waals surface area contributed by atoms with E-state index in [1.54, 1.807) is 49.4 Å². The van der Waals surface area contributed by atoms with E-state index in [1.165, 1.54) is 4.90 Å². The highest BCUT2D eigenvalue weighted by Gasteiger charge is 2.42. The van der Waals surface area contributed by atoms with Crippen molar-refractivity contribution in [2.45, 2.75) is 41.5 Å². The zero-order valence-electron chi connectivity index (χ0n) is 21.3. The Kier molecular flexibility index (Phi) is 7.09. The number of allylic oxidation sites excluding steroid dienone is 2. The lowest BCUT2D eigenvalue weighted by molar-refractivity contribution is -0.137. The lowest BCUT2D eigenvalue weighted by Gasteiger charge is -2.14. The van der Waals surface area contributed by atoms with Gasteiger partial charge in [-0.3, -0.25) is 14.4 Å². The van der Waals surface area contributed by atoms with Gasteiger partial charge < -0.3 is 4.74 Å². The number of thiophene rings is 1. The van der Waals surface area contributed by atoms with Gasteiger partial charge in [0.15, 0.2) is 0 Å². The molecule has 0 aliphatic carbocycles. The van der Waals surface area contributed by atoms with Gasteiger partial charge in [-0.15, -0.1) is 11.3 Å². The molecule has 0 saturated carbocycles. The third-order valence-corrected chi connectivity index (χ3v) is 7.22. The molecule has 1 aliphatic rings. The van der Waals surface area contributed by atoms with Crippen molar-refractivity contribution in [1.29, 1.82) is 0 Å². The van der Waals surface area contributed by atoms with E-state index in [-0.39, 0.29) is 23.7 Å². The molecule has 1 aromatic heterocycles. The summed E-state index contributed by atoms with van der Waals surface area (Å²) in [5, 5.41) is 0. The van der Waals surface area contributed by atoms with Crippen LogP contribution in [-0.2, 0) is 14.4 Å². The fraction of sp³-hybridized carbons (Fsp3) is 0.233. The van der Waals surface area contributed by atoms with Crippen molar-refractivity contribution in [2.24, 2.45) is 5.92 Å². The molecule has 0 N–H and O–H groups in total. The fourth-order valence-electron chi connectivity index (χ4n) is 4.21. The number of benzene rings is 2. The predicted octanol–water partition coefficient (Wildman–Crippen LogP) is 6.97. The molecular weight excluding hydrogens is 470 g/mol. The number of nitrogens with zero attached hydrogens (tertiary/aromatic N) is 1. The molecule has 6 heteroatoms. The number of amides is 2. The quantitative estimate of drug-likeness (QED) is 0.165. The first-order valence-corrected chi connectivity index (χ1v) is 12.7. The minimum absolute atomic E-state index is 0.259. The van der Waals surface area contributed by atoms with Crippen LogP contribution in [0.1, 0.15) is 45.1 Å². The third kappa shape index (κ3) is 4.69. The van der Waals surface area contributed by atoms with Crippen molar-refractivity contribution in [3.8, 4) is 16.2 Å². The third-order valence-electron chi connectivity index (χ3n) is 6.12. The lowest BCUT2D eigenvalue weighted by atomic mass is 9.95. The van der Waals surface area contributed by atoms with Gasteiger partial charge >= 0.3 is 5.97 Å². The Morgan fingerprint density at radius 3 is 2.08 bits per heavy atom. The van der Waals surface area contributed by atoms with Gasteiger partial charge in [-0.05, 0) is 74.7 Å². The number of carbonyl (C=O) groups is 3. The highest BCUT2D eigenvalue weighted by Crippen LogP contribution is 2.41. The minimum atomic E-state index is -0.354. The molecule has 5 nitrogen and oxygen atoms in total. The van der Waals surface area contributed by atoms with E-state index in [4.69, 9.17) is 4.74 Å². The normalized spacial score (nSPS) is 15.1. The molecular formula is C30H29NO4S. The van der Waals surface area contributed by atoms with Gasteiger partial charge in [-0.2, -0.15) is 0 Å². The van der Waals surface area contributed by atoms with E-state index >= 15 is 0 Å². The van der Waals surface area contributed by atoms with Crippen molar-refractivity contribution in [2.75, 3.05) is 4.90 Å². The Bertz CT molecular complexity index is 1400. The average molecular weight is 500 g/mol. The molecule has 184 valence electrons. The first-order valence-electron chi connectivity index (χ1n) is 11.9. The van der Waals surface area contributed by atoms with Crippen LogP contribution in [0.5, 0.6) is 5.75 Å². The molecule has 2 heterocycles. The second-order valence-electron chi connectivity index (χ2n) is 9.34. The van der Waals surface area contributed by atoms with E-state index < -0.39 is 0 Å². The summed E-state index contributed by atoms with van der Waals surface area (Å²) < 4.78 is 5.33. The zero-order chi connectivity index (χ0) is 26.1. The number of ether oxygens (including phenoxy) is 1. The van der Waals surface area contributed by atoms with Gasteiger partial charge in [0.1, 0.15) is 5.75 Å². The number of hydrogen-bond donors (Lipinski definition) is 0. The maximum Gasteiger partial charge on any atom is 0.313 e. The first-order chi connectivity index (χ1) is 17.1. The molecule has 36 heavy (non-hydrogen) atoms. The van der Waals surface area contributed by atoms with Crippen LogP contribution in [0.2, 0.25) is 0 Å². The number of imide groups is 1. The molecule has 1 saturated heterocycles. The summed E-state index contributed by atoms with van der Waals surface area (Å²) in [4.78, 5) is 42.5. The summed E-state index contributed by atoms with van der Waals surface area (Å²) in [5.41, 5.74) is 4.94. The highest BCUT2D eigenvalue weighted by atomic mass is 32.1. The predicted molar refractivity (Wildman–Crippen MR) is 145 cm³/mol. The van der Waals surface area contributed by atoms with Crippen LogP contribution in [0.25, 0.3) is 16.0 Å². The first kappa shape index (κ1) is 25.3. The van der Waals surface area contributed by atoms with Crippen LogP contribution in [0.15, 0.2) is 77.4 Å². The van der Waals surface area contributed by atoms with Crippen molar-refractivity contribution in [3.05, 3.63) is 87.8 Å². The summed E-state index contributed by atoms with van der Waals surface area (Å²) in [5.74, 6) is -0.937. The number of rotatable bonds is 5. The molecule has 1 aliphatic heterocycles. The fourth-order valence-corrected chi connectivity index (χ4v) is 5.29. The maximum atomic E-state index is 13.7. The molecule has 0 radical (unpaired) electrons. The standard InChI is InChI=1S/C30H29NO4S/c1-17(2)26-27(19(5)24-16-25(36-20(24)6)21-10-8-7-9-11-21)29(33)31(28(26)32)22-12-14-23(15-13-22)35-30(34)18(3)4/h7-16,18H,1-6H3/b27-19+. The van der Waals surface area contributed by atoms with Gasteiger partial charge in [0.2, 0.25) is 0 Å². The Morgan fingerprint density at radius 2 is 1.50 bits per heavy atom. The Morgan fingerprint density at radius 1 is 0.889 bits per heavy atom. The Balaban J connectivity index is 1.74. The van der Waals surface area contributed by atoms with Crippen LogP contribution >= 0.6 is 11.3 Å². The molecule has 0 bridgehead atoms. The van der Waals surface area contributed by atoms with Crippen molar-refractivity contribution < 1.29 is 19.1 Å². The van der Waals surface area contributed by atoms with Crippen molar-refractivity contribution >= 4 is 40.4 Å². The minimum Gasteiger partial charge on any atom is -0.426 e. The number of carbonyl (C=O) groups excluding carboxylic acids is 3. The number of anilines is 1. The Hall–Kier alpha value is -3.77. The second-order valence-corrected chi connectivity index (χ2v) is 10.6. The van der Waals surface area contributed by atoms with Gasteiger partial charge in [-0.1, -0.05) is 49.8 Å². The molecule has 3 aromatic rings. The van der Waals surface area contributed by atoms with Gasteiger partial charge in [0, 0.05) is 9.75 Å². The van der Waals surface area contributed by atoms with E-state index in [0.29, 0.717) is 22.6 Å². The number of esters is 1. The van der Waals surface area contributed by atoms with Crippen LogP contribution in [0.3, 0.4) is 0 Å².